The van der Waals surface area contributed by atoms with Crippen LogP contribution in [0.4, 0.5) is 13.2 Å². The molecular formula is C26H26ClF3N2O2S. The van der Waals surface area contributed by atoms with Gasteiger partial charge in [-0.1, -0.05) is 41.9 Å². The number of amides is 1. The molecule has 1 aliphatic rings. The molecule has 0 saturated carbocycles. The second-order valence-electron chi connectivity index (χ2n) is 8.48. The smallest absolute Gasteiger partial charge is 0.368 e. The van der Waals surface area contributed by atoms with Crippen LogP contribution in [0.2, 0.25) is 5.02 Å². The van der Waals surface area contributed by atoms with Crippen LogP contribution in [0.3, 0.4) is 0 Å². The van der Waals surface area contributed by atoms with Gasteiger partial charge >= 0.3 is 6.18 Å². The summed E-state index contributed by atoms with van der Waals surface area (Å²) in [4.78, 5) is 17.8. The maximum Gasteiger partial charge on any atom is 0.416 e. The van der Waals surface area contributed by atoms with Crippen molar-refractivity contribution in [1.82, 2.24) is 9.80 Å². The summed E-state index contributed by atoms with van der Waals surface area (Å²) in [6.07, 6.45) is -4.22. The second kappa shape index (κ2) is 11.6. The highest BCUT2D eigenvalue weighted by Crippen LogP contribution is 2.30. The summed E-state index contributed by atoms with van der Waals surface area (Å²) in [5, 5.41) is 2.59. The molecule has 0 spiro atoms. The monoisotopic (exact) mass is 522 g/mol. The van der Waals surface area contributed by atoms with E-state index < -0.39 is 11.7 Å². The van der Waals surface area contributed by atoms with Crippen LogP contribution in [-0.2, 0) is 28.7 Å². The van der Waals surface area contributed by atoms with Crippen molar-refractivity contribution >= 4 is 28.8 Å². The lowest BCUT2D eigenvalue weighted by Crippen LogP contribution is -2.50. The quantitative estimate of drug-likeness (QED) is 0.360. The number of thiophene rings is 1. The van der Waals surface area contributed by atoms with E-state index in [1.807, 2.05) is 34.5 Å². The van der Waals surface area contributed by atoms with Gasteiger partial charge in [0.25, 0.3) is 0 Å². The van der Waals surface area contributed by atoms with Crippen molar-refractivity contribution in [2.24, 2.45) is 0 Å². The van der Waals surface area contributed by atoms with Crippen molar-refractivity contribution < 1.29 is 22.7 Å². The van der Waals surface area contributed by atoms with E-state index in [0.717, 1.165) is 35.7 Å². The Labute approximate surface area is 211 Å². The summed E-state index contributed by atoms with van der Waals surface area (Å²) in [5.41, 5.74) is 0.931. The second-order valence-corrected chi connectivity index (χ2v) is 9.95. The van der Waals surface area contributed by atoms with E-state index in [1.54, 1.807) is 23.5 Å². The third kappa shape index (κ3) is 7.30. The SMILES string of the molecule is O=C(Cc1cccs1)N1CCN(CC(OCc2ccc(C(F)(F)F)cc2)c2ccc(Cl)cc2)CC1. The molecule has 0 N–H and O–H groups in total. The van der Waals surface area contributed by atoms with Gasteiger partial charge in [0.15, 0.2) is 0 Å². The molecule has 1 aliphatic heterocycles. The Bertz CT molecular complexity index is 1080. The molecule has 1 atom stereocenters. The molecule has 35 heavy (non-hydrogen) atoms. The Hall–Kier alpha value is -2.39. The average molecular weight is 523 g/mol. The molecule has 1 saturated heterocycles. The number of halogens is 4. The van der Waals surface area contributed by atoms with Gasteiger partial charge in [-0.15, -0.1) is 11.3 Å². The van der Waals surface area contributed by atoms with E-state index in [0.29, 0.717) is 36.6 Å². The van der Waals surface area contributed by atoms with E-state index >= 15 is 0 Å². The van der Waals surface area contributed by atoms with Gasteiger partial charge in [0.05, 0.1) is 24.7 Å². The Morgan fingerprint density at radius 2 is 1.69 bits per heavy atom. The highest BCUT2D eigenvalue weighted by Gasteiger charge is 2.30. The number of nitrogens with zero attached hydrogens (tertiary/aromatic N) is 2. The number of hydrogen-bond donors (Lipinski definition) is 0. The van der Waals surface area contributed by atoms with Crippen LogP contribution >= 0.6 is 22.9 Å². The summed E-state index contributed by atoms with van der Waals surface area (Å²) >= 11 is 7.64. The first-order chi connectivity index (χ1) is 16.8. The minimum Gasteiger partial charge on any atom is -0.368 e. The summed E-state index contributed by atoms with van der Waals surface area (Å²) in [6.45, 7) is 3.54. The minimum atomic E-state index is -4.36. The Morgan fingerprint density at radius 1 is 1.00 bits per heavy atom. The normalized spacial score (nSPS) is 15.8. The lowest BCUT2D eigenvalue weighted by atomic mass is 10.1. The van der Waals surface area contributed by atoms with Gasteiger partial charge in [0.1, 0.15) is 0 Å². The molecule has 4 nitrogen and oxygen atoms in total. The van der Waals surface area contributed by atoms with Gasteiger partial charge in [-0.25, -0.2) is 0 Å². The molecule has 2 heterocycles. The molecule has 0 aliphatic carbocycles. The van der Waals surface area contributed by atoms with Gasteiger partial charge in [0, 0.05) is 42.6 Å². The van der Waals surface area contributed by atoms with Gasteiger partial charge in [-0.2, -0.15) is 13.2 Å². The number of rotatable bonds is 8. The first-order valence-electron chi connectivity index (χ1n) is 11.3. The number of carbonyl (C=O) groups is 1. The van der Waals surface area contributed by atoms with Crippen LogP contribution < -0.4 is 0 Å². The third-order valence-electron chi connectivity index (χ3n) is 6.03. The number of benzene rings is 2. The Kier molecular flexibility index (Phi) is 8.49. The van der Waals surface area contributed by atoms with Crippen LogP contribution in [0.25, 0.3) is 0 Å². The molecule has 1 amide bonds. The number of hydrogen-bond acceptors (Lipinski definition) is 4. The number of alkyl halides is 3. The fraction of sp³-hybridized carbons (Fsp3) is 0.346. The lowest BCUT2D eigenvalue weighted by molar-refractivity contribution is -0.137. The molecule has 0 radical (unpaired) electrons. The van der Waals surface area contributed by atoms with Crippen LogP contribution in [0, 0.1) is 0 Å². The van der Waals surface area contributed by atoms with Crippen molar-refractivity contribution in [2.75, 3.05) is 32.7 Å². The van der Waals surface area contributed by atoms with E-state index in [-0.39, 0.29) is 18.6 Å². The zero-order valence-corrected chi connectivity index (χ0v) is 20.6. The largest absolute Gasteiger partial charge is 0.416 e. The highest BCUT2D eigenvalue weighted by molar-refractivity contribution is 7.10. The molecule has 1 unspecified atom stereocenters. The third-order valence-corrected chi connectivity index (χ3v) is 7.16. The maximum atomic E-state index is 12.8. The molecule has 2 aromatic carbocycles. The van der Waals surface area contributed by atoms with Crippen molar-refractivity contribution in [3.63, 3.8) is 0 Å². The van der Waals surface area contributed by atoms with Crippen LogP contribution in [-0.4, -0.2) is 48.4 Å². The van der Waals surface area contributed by atoms with E-state index in [9.17, 15) is 18.0 Å². The zero-order valence-electron chi connectivity index (χ0n) is 19.0. The van der Waals surface area contributed by atoms with E-state index in [1.165, 1.54) is 12.1 Å². The summed E-state index contributed by atoms with van der Waals surface area (Å²) in [5.74, 6) is 0.139. The van der Waals surface area contributed by atoms with Crippen molar-refractivity contribution in [2.45, 2.75) is 25.3 Å². The van der Waals surface area contributed by atoms with Gasteiger partial charge in [-0.05, 0) is 46.8 Å². The summed E-state index contributed by atoms with van der Waals surface area (Å²) in [7, 11) is 0. The average Bonchev–Trinajstić information content (AvgIpc) is 3.35. The Balaban J connectivity index is 1.35. The zero-order chi connectivity index (χ0) is 24.8. The van der Waals surface area contributed by atoms with Crippen LogP contribution in [0.15, 0.2) is 66.0 Å². The van der Waals surface area contributed by atoms with Crippen molar-refractivity contribution in [1.29, 1.82) is 0 Å². The summed E-state index contributed by atoms with van der Waals surface area (Å²) in [6, 6.07) is 16.4. The first-order valence-corrected chi connectivity index (χ1v) is 12.6. The lowest BCUT2D eigenvalue weighted by Gasteiger charge is -2.36. The van der Waals surface area contributed by atoms with Crippen LogP contribution in [0.5, 0.6) is 0 Å². The molecule has 1 fully saturated rings. The molecule has 3 aromatic rings. The topological polar surface area (TPSA) is 32.8 Å². The van der Waals surface area contributed by atoms with Crippen LogP contribution in [0.1, 0.15) is 27.7 Å². The standard InChI is InChI=1S/C26H26ClF3N2O2S/c27-22-9-5-20(6-10-22)24(34-18-19-3-7-21(8-4-19)26(28,29)30)17-31-11-13-32(14-12-31)25(33)16-23-2-1-15-35-23/h1-10,15,24H,11-14,16-18H2. The molecule has 1 aromatic heterocycles. The number of carbonyl (C=O) groups excluding carboxylic acids is 1. The highest BCUT2D eigenvalue weighted by atomic mass is 35.5. The number of piperazine rings is 1. The predicted octanol–water partition coefficient (Wildman–Crippen LogP) is 6.07. The first kappa shape index (κ1) is 25.7. The summed E-state index contributed by atoms with van der Waals surface area (Å²) < 4.78 is 44.7. The van der Waals surface area contributed by atoms with E-state index in [4.69, 9.17) is 16.3 Å². The predicted molar refractivity (Wildman–Crippen MR) is 131 cm³/mol. The molecule has 186 valence electrons. The minimum absolute atomic E-state index is 0.139. The van der Waals surface area contributed by atoms with Gasteiger partial charge < -0.3 is 9.64 Å². The fourth-order valence-electron chi connectivity index (χ4n) is 4.01. The van der Waals surface area contributed by atoms with Gasteiger partial charge in [-0.3, -0.25) is 9.69 Å². The Morgan fingerprint density at radius 3 is 2.29 bits per heavy atom. The fourth-order valence-corrected chi connectivity index (χ4v) is 4.83. The van der Waals surface area contributed by atoms with Gasteiger partial charge in [0.2, 0.25) is 5.91 Å². The molecule has 9 heteroatoms. The van der Waals surface area contributed by atoms with E-state index in [2.05, 4.69) is 4.90 Å². The maximum absolute atomic E-state index is 12.8. The molecule has 0 bridgehead atoms. The van der Waals surface area contributed by atoms with Crippen molar-refractivity contribution in [3.8, 4) is 0 Å². The molecule has 4 rings (SSSR count). The van der Waals surface area contributed by atoms with Crippen molar-refractivity contribution in [3.05, 3.63) is 92.6 Å². The number of ether oxygens (including phenoxy) is 1. The molecular weight excluding hydrogens is 497 g/mol.